The Kier molecular flexibility index (Phi) is 3.24. The molecule has 0 fully saturated rings. The molecule has 16 heavy (non-hydrogen) atoms. The second-order valence-electron chi connectivity index (χ2n) is 3.32. The van der Waals surface area contributed by atoms with Crippen molar-refractivity contribution in [2.45, 2.75) is 12.8 Å². The summed E-state index contributed by atoms with van der Waals surface area (Å²) in [5.41, 5.74) is 1.32. The number of hydrogen-bond donors (Lipinski definition) is 0. The molecule has 0 bridgehead atoms. The molecule has 1 aromatic rings. The summed E-state index contributed by atoms with van der Waals surface area (Å²) in [6, 6.07) is 1.79. The summed E-state index contributed by atoms with van der Waals surface area (Å²) in [5.74, 6) is 1.04. The van der Waals surface area contributed by atoms with Crippen LogP contribution in [0.25, 0.3) is 0 Å². The molecule has 0 amide bonds. The number of fused-ring (bicyclic) bond motifs is 1. The first-order valence-corrected chi connectivity index (χ1v) is 5.57. The zero-order chi connectivity index (χ0) is 11.5. The Morgan fingerprint density at radius 2 is 2.06 bits per heavy atom. The number of rotatable bonds is 4. The highest BCUT2D eigenvalue weighted by Gasteiger charge is 2.23. The fraction of sp³-hybridized carbons (Fsp3) is 0.273. The number of aryl methyl sites for hydroxylation is 1. The third kappa shape index (κ3) is 1.82. The van der Waals surface area contributed by atoms with Crippen molar-refractivity contribution in [1.29, 1.82) is 0 Å². The molecule has 0 aromatic heterocycles. The molecule has 0 radical (unpaired) electrons. The van der Waals surface area contributed by atoms with E-state index in [9.17, 15) is 9.59 Å². The number of carbonyl (C=O) groups is 2. The summed E-state index contributed by atoms with van der Waals surface area (Å²) in [4.78, 5) is 21.2. The Morgan fingerprint density at radius 1 is 1.31 bits per heavy atom. The molecule has 1 heterocycles. The summed E-state index contributed by atoms with van der Waals surface area (Å²) in [5, 5.41) is 0. The van der Waals surface area contributed by atoms with Gasteiger partial charge >= 0.3 is 0 Å². The molecule has 0 aliphatic carbocycles. The number of ether oxygens (including phenoxy) is 2. The lowest BCUT2D eigenvalue weighted by atomic mass is 10.1. The predicted molar refractivity (Wildman–Crippen MR) is 60.0 cm³/mol. The molecule has 0 N–H and O–H groups in total. The zero-order valence-electron chi connectivity index (χ0n) is 8.36. The van der Waals surface area contributed by atoms with Gasteiger partial charge in [0.1, 0.15) is 6.29 Å². The third-order valence-corrected chi connectivity index (χ3v) is 3.01. The highest BCUT2D eigenvalue weighted by atomic mass is 79.9. The van der Waals surface area contributed by atoms with Gasteiger partial charge in [-0.3, -0.25) is 4.79 Å². The lowest BCUT2D eigenvalue weighted by Gasteiger charge is -2.07. The van der Waals surface area contributed by atoms with Crippen molar-refractivity contribution < 1.29 is 19.1 Å². The van der Waals surface area contributed by atoms with Crippen molar-refractivity contribution in [2.24, 2.45) is 0 Å². The van der Waals surface area contributed by atoms with Crippen molar-refractivity contribution in [3.8, 4) is 11.5 Å². The molecule has 1 aliphatic heterocycles. The van der Waals surface area contributed by atoms with Crippen molar-refractivity contribution in [2.75, 3.05) is 6.79 Å². The average Bonchev–Trinajstić information content (AvgIpc) is 2.75. The van der Waals surface area contributed by atoms with Gasteiger partial charge in [0.05, 0.1) is 5.56 Å². The SMILES string of the molecule is O=CCCc1cc(Br)c(C=O)c2c1OCO2. The van der Waals surface area contributed by atoms with Crippen molar-refractivity contribution in [3.05, 3.63) is 21.7 Å². The number of aldehydes is 2. The molecule has 1 aliphatic rings. The molecule has 0 saturated carbocycles. The summed E-state index contributed by atoms with van der Waals surface area (Å²) in [7, 11) is 0. The predicted octanol–water partition coefficient (Wildman–Crippen LogP) is 2.12. The molecule has 0 spiro atoms. The van der Waals surface area contributed by atoms with Gasteiger partial charge in [-0.2, -0.15) is 0 Å². The molecule has 0 atom stereocenters. The molecule has 0 saturated heterocycles. The number of benzene rings is 1. The smallest absolute Gasteiger partial charge is 0.231 e. The van der Waals surface area contributed by atoms with Gasteiger partial charge in [0, 0.05) is 10.9 Å². The summed E-state index contributed by atoms with van der Waals surface area (Å²) in [6.07, 6.45) is 2.57. The van der Waals surface area contributed by atoms with Crippen LogP contribution in [0.15, 0.2) is 10.5 Å². The largest absolute Gasteiger partial charge is 0.453 e. The van der Waals surface area contributed by atoms with Crippen LogP contribution in [-0.2, 0) is 11.2 Å². The first-order chi connectivity index (χ1) is 7.77. The van der Waals surface area contributed by atoms with E-state index in [0.29, 0.717) is 34.4 Å². The monoisotopic (exact) mass is 284 g/mol. The van der Waals surface area contributed by atoms with E-state index in [1.54, 1.807) is 6.07 Å². The Morgan fingerprint density at radius 3 is 2.75 bits per heavy atom. The maximum absolute atomic E-state index is 10.9. The molecule has 5 heteroatoms. The maximum atomic E-state index is 10.9. The molecule has 4 nitrogen and oxygen atoms in total. The van der Waals surface area contributed by atoms with E-state index in [1.807, 2.05) is 0 Å². The fourth-order valence-electron chi connectivity index (χ4n) is 1.63. The van der Waals surface area contributed by atoms with Crippen LogP contribution in [0.2, 0.25) is 0 Å². The van der Waals surface area contributed by atoms with Crippen LogP contribution in [0.5, 0.6) is 11.5 Å². The van der Waals surface area contributed by atoms with Crippen LogP contribution in [0.4, 0.5) is 0 Å². The molecule has 0 unspecified atom stereocenters. The van der Waals surface area contributed by atoms with E-state index >= 15 is 0 Å². The number of halogens is 1. The standard InChI is InChI=1S/C11H9BrO4/c12-9-4-7(2-1-3-13)10-11(8(9)5-14)16-6-15-10/h3-5H,1-2,6H2. The quantitative estimate of drug-likeness (QED) is 0.795. The first-order valence-electron chi connectivity index (χ1n) is 4.77. The van der Waals surface area contributed by atoms with Crippen molar-refractivity contribution in [1.82, 2.24) is 0 Å². The van der Waals surface area contributed by atoms with E-state index in [-0.39, 0.29) is 6.79 Å². The van der Waals surface area contributed by atoms with Gasteiger partial charge < -0.3 is 14.3 Å². The first kappa shape index (κ1) is 11.1. The van der Waals surface area contributed by atoms with Crippen molar-refractivity contribution in [3.63, 3.8) is 0 Å². The van der Waals surface area contributed by atoms with Gasteiger partial charge in [-0.25, -0.2) is 0 Å². The van der Waals surface area contributed by atoms with Crippen molar-refractivity contribution >= 4 is 28.5 Å². The van der Waals surface area contributed by atoms with Crippen LogP contribution in [0, 0.1) is 0 Å². The molecule has 1 aromatic carbocycles. The summed E-state index contributed by atoms with van der Waals surface area (Å²) < 4.78 is 11.2. The average molecular weight is 285 g/mol. The zero-order valence-corrected chi connectivity index (χ0v) is 9.95. The second kappa shape index (κ2) is 4.65. The van der Waals surface area contributed by atoms with Crippen LogP contribution < -0.4 is 9.47 Å². The van der Waals surface area contributed by atoms with E-state index < -0.39 is 0 Å². The normalized spacial score (nSPS) is 12.6. The third-order valence-electron chi connectivity index (χ3n) is 2.36. The lowest BCUT2D eigenvalue weighted by molar-refractivity contribution is -0.107. The van der Waals surface area contributed by atoms with Gasteiger partial charge in [0.2, 0.25) is 6.79 Å². The van der Waals surface area contributed by atoms with Crippen LogP contribution >= 0.6 is 15.9 Å². The Balaban J connectivity index is 2.48. The van der Waals surface area contributed by atoms with Gasteiger partial charge in [-0.15, -0.1) is 0 Å². The minimum absolute atomic E-state index is 0.112. The van der Waals surface area contributed by atoms with Gasteiger partial charge in [-0.1, -0.05) is 0 Å². The number of carbonyl (C=O) groups excluding carboxylic acids is 2. The second-order valence-corrected chi connectivity index (χ2v) is 4.17. The highest BCUT2D eigenvalue weighted by molar-refractivity contribution is 9.10. The Labute approximate surface area is 101 Å². The van der Waals surface area contributed by atoms with Crippen LogP contribution in [0.3, 0.4) is 0 Å². The molecule has 84 valence electrons. The topological polar surface area (TPSA) is 52.6 Å². The van der Waals surface area contributed by atoms with Gasteiger partial charge in [0.25, 0.3) is 0 Å². The fourth-order valence-corrected chi connectivity index (χ4v) is 2.18. The Hall–Kier alpha value is -1.36. The summed E-state index contributed by atoms with van der Waals surface area (Å²) in [6.45, 7) is 0.112. The number of hydrogen-bond acceptors (Lipinski definition) is 4. The molecular weight excluding hydrogens is 276 g/mol. The van der Waals surface area contributed by atoms with E-state index in [4.69, 9.17) is 9.47 Å². The molecular formula is C11H9BrO4. The minimum atomic E-state index is 0.112. The maximum Gasteiger partial charge on any atom is 0.231 e. The van der Waals surface area contributed by atoms with E-state index in [2.05, 4.69) is 15.9 Å². The van der Waals surface area contributed by atoms with Crippen LogP contribution in [-0.4, -0.2) is 19.4 Å². The molecule has 2 rings (SSSR count). The minimum Gasteiger partial charge on any atom is -0.453 e. The summed E-state index contributed by atoms with van der Waals surface area (Å²) >= 11 is 3.30. The van der Waals surface area contributed by atoms with Gasteiger partial charge in [0.15, 0.2) is 17.8 Å². The Bertz CT molecular complexity index is 442. The van der Waals surface area contributed by atoms with E-state index in [0.717, 1.165) is 18.1 Å². The van der Waals surface area contributed by atoms with Crippen LogP contribution in [0.1, 0.15) is 22.3 Å². The highest BCUT2D eigenvalue weighted by Crippen LogP contribution is 2.42. The van der Waals surface area contributed by atoms with Gasteiger partial charge in [-0.05, 0) is 34.0 Å². The lowest BCUT2D eigenvalue weighted by Crippen LogP contribution is -1.94. The van der Waals surface area contributed by atoms with E-state index in [1.165, 1.54) is 0 Å².